The fourth-order valence-electron chi connectivity index (χ4n) is 3.69. The lowest BCUT2D eigenvalue weighted by atomic mass is 10.3. The van der Waals surface area contributed by atoms with Gasteiger partial charge in [-0.05, 0) is 40.7 Å². The number of hydrogen-bond acceptors (Lipinski definition) is 2. The number of aliphatic hydroxyl groups is 1. The summed E-state index contributed by atoms with van der Waals surface area (Å²) in [6, 6.07) is 41.1. The van der Waals surface area contributed by atoms with Gasteiger partial charge in [0.25, 0.3) is 0 Å². The normalized spacial score (nSPS) is 12.2. The predicted octanol–water partition coefficient (Wildman–Crippen LogP) is 4.22. The van der Waals surface area contributed by atoms with E-state index in [1.165, 1.54) is 15.9 Å². The Morgan fingerprint density at radius 1 is 0.600 bits per heavy atom. The molecule has 3 heteroatoms. The van der Waals surface area contributed by atoms with Gasteiger partial charge in [0.1, 0.15) is 18.5 Å². The molecule has 0 aliphatic heterocycles. The number of rotatable bonds is 7. The van der Waals surface area contributed by atoms with E-state index in [2.05, 4.69) is 78.6 Å². The van der Waals surface area contributed by atoms with Crippen LogP contribution in [0.4, 0.5) is 0 Å². The van der Waals surface area contributed by atoms with Gasteiger partial charge in [0.15, 0.2) is 0 Å². The van der Waals surface area contributed by atoms with Gasteiger partial charge >= 0.3 is 0 Å². The van der Waals surface area contributed by atoms with Crippen LogP contribution in [0.25, 0.3) is 0 Å². The molecule has 0 bridgehead atoms. The van der Waals surface area contributed by atoms with E-state index in [9.17, 15) is 5.11 Å². The van der Waals surface area contributed by atoms with Crippen molar-refractivity contribution in [3.63, 3.8) is 0 Å². The van der Waals surface area contributed by atoms with Gasteiger partial charge in [0, 0.05) is 0 Å². The van der Waals surface area contributed by atoms with Crippen molar-refractivity contribution in [2.75, 3.05) is 6.61 Å². The van der Waals surface area contributed by atoms with Crippen LogP contribution in [0.15, 0.2) is 121 Å². The maximum Gasteiger partial charge on any atom is 0.119 e. The maximum atomic E-state index is 11.1. The van der Waals surface area contributed by atoms with Gasteiger partial charge in [0.05, 0.1) is 0 Å². The number of hydrogen-bond donors (Lipinski definition) is 1. The molecule has 0 amide bonds. The molecule has 150 valence electrons. The van der Waals surface area contributed by atoms with Crippen molar-refractivity contribution in [2.24, 2.45) is 0 Å². The summed E-state index contributed by atoms with van der Waals surface area (Å²) < 4.78 is 5.86. The fraction of sp³-hybridized carbons (Fsp3) is 0.0741. The second-order valence-corrected chi connectivity index (χ2v) is 10.4. The Morgan fingerprint density at radius 2 is 0.967 bits per heavy atom. The summed E-state index contributed by atoms with van der Waals surface area (Å²) in [4.78, 5) is 0. The minimum absolute atomic E-state index is 0.207. The number of benzene rings is 4. The SMILES string of the molecule is OC(C=P(c1ccccc1)(c1ccccc1)c1ccccc1)COc1ccccc1. The smallest absolute Gasteiger partial charge is 0.119 e. The van der Waals surface area contributed by atoms with Crippen molar-refractivity contribution in [3.8, 4) is 5.75 Å². The summed E-state index contributed by atoms with van der Waals surface area (Å²) in [5.74, 6) is 2.86. The van der Waals surface area contributed by atoms with Gasteiger partial charge in [-0.25, -0.2) is 0 Å². The number of para-hydroxylation sites is 1. The molecular formula is C27H25O2P. The van der Waals surface area contributed by atoms with Crippen molar-refractivity contribution >= 4 is 28.6 Å². The first kappa shape index (κ1) is 20.2. The molecule has 30 heavy (non-hydrogen) atoms. The quantitative estimate of drug-likeness (QED) is 0.461. The fourth-order valence-corrected chi connectivity index (χ4v) is 7.63. The molecule has 0 saturated heterocycles. The van der Waals surface area contributed by atoms with E-state index in [0.717, 1.165) is 5.75 Å². The third kappa shape index (κ3) is 4.41. The van der Waals surface area contributed by atoms with Gasteiger partial charge in [0.2, 0.25) is 0 Å². The minimum Gasteiger partial charge on any atom is -0.491 e. The zero-order valence-corrected chi connectivity index (χ0v) is 17.6. The number of ether oxygens (including phenoxy) is 1. The Hall–Kier alpha value is -3.06. The molecule has 0 spiro atoms. The van der Waals surface area contributed by atoms with Gasteiger partial charge in [-0.15, -0.1) is 0 Å². The highest BCUT2D eigenvalue weighted by Gasteiger charge is 2.26. The molecule has 0 saturated carbocycles. The minimum atomic E-state index is -2.19. The van der Waals surface area contributed by atoms with Crippen LogP contribution >= 0.6 is 6.89 Å². The summed E-state index contributed by atoms with van der Waals surface area (Å²) in [5, 5.41) is 14.7. The summed E-state index contributed by atoms with van der Waals surface area (Å²) in [6.45, 7) is -1.98. The number of aliphatic hydroxyl groups excluding tert-OH is 1. The van der Waals surface area contributed by atoms with E-state index in [-0.39, 0.29) is 6.61 Å². The van der Waals surface area contributed by atoms with Crippen LogP contribution in [0.2, 0.25) is 0 Å². The molecule has 1 unspecified atom stereocenters. The van der Waals surface area contributed by atoms with E-state index in [1.54, 1.807) is 0 Å². The zero-order chi connectivity index (χ0) is 20.7. The van der Waals surface area contributed by atoms with Crippen LogP contribution in [-0.2, 0) is 0 Å². The van der Waals surface area contributed by atoms with E-state index in [0.29, 0.717) is 0 Å². The van der Waals surface area contributed by atoms with Crippen molar-refractivity contribution < 1.29 is 9.84 Å². The molecule has 0 fully saturated rings. The standard InChI is InChI=1S/C27H25O2P/c28-23(21-29-24-13-5-1-6-14-24)22-30(25-15-7-2-8-16-25,26-17-9-3-10-18-26)27-19-11-4-12-20-27/h1-20,22-23,28H,21H2. The van der Waals surface area contributed by atoms with Crippen LogP contribution in [0.3, 0.4) is 0 Å². The van der Waals surface area contributed by atoms with E-state index >= 15 is 0 Å². The lowest BCUT2D eigenvalue weighted by Crippen LogP contribution is -2.31. The van der Waals surface area contributed by atoms with E-state index < -0.39 is 13.0 Å². The zero-order valence-electron chi connectivity index (χ0n) is 16.7. The summed E-state index contributed by atoms with van der Waals surface area (Å²) >= 11 is 0. The lowest BCUT2D eigenvalue weighted by Gasteiger charge is -2.30. The summed E-state index contributed by atoms with van der Waals surface area (Å²) in [7, 11) is 0. The summed E-state index contributed by atoms with van der Waals surface area (Å²) in [6.07, 6.45) is -0.723. The van der Waals surface area contributed by atoms with E-state index in [4.69, 9.17) is 4.74 Å². The molecule has 4 rings (SSSR count). The Morgan fingerprint density at radius 3 is 1.37 bits per heavy atom. The molecule has 0 radical (unpaired) electrons. The molecular weight excluding hydrogens is 387 g/mol. The van der Waals surface area contributed by atoms with Crippen LogP contribution in [0, 0.1) is 0 Å². The third-order valence-corrected chi connectivity index (χ3v) is 9.18. The molecule has 0 aromatic heterocycles. The van der Waals surface area contributed by atoms with Crippen molar-refractivity contribution in [1.82, 2.24) is 0 Å². The third-order valence-electron chi connectivity index (χ3n) is 5.05. The van der Waals surface area contributed by atoms with E-state index in [1.807, 2.05) is 48.5 Å². The molecule has 2 nitrogen and oxygen atoms in total. The van der Waals surface area contributed by atoms with Crippen molar-refractivity contribution in [3.05, 3.63) is 121 Å². The summed E-state index contributed by atoms with van der Waals surface area (Å²) in [5.41, 5.74) is 0. The topological polar surface area (TPSA) is 29.5 Å². The van der Waals surface area contributed by atoms with Gasteiger partial charge in [-0.2, -0.15) is 0 Å². The second kappa shape index (κ2) is 9.63. The first-order chi connectivity index (χ1) is 14.8. The first-order valence-electron chi connectivity index (χ1n) is 10.1. The molecule has 0 aliphatic carbocycles. The van der Waals surface area contributed by atoms with Crippen molar-refractivity contribution in [1.29, 1.82) is 0 Å². The van der Waals surface area contributed by atoms with Gasteiger partial charge in [-0.1, -0.05) is 109 Å². The second-order valence-electron chi connectivity index (χ2n) is 7.07. The van der Waals surface area contributed by atoms with Crippen LogP contribution < -0.4 is 20.7 Å². The predicted molar refractivity (Wildman–Crippen MR) is 129 cm³/mol. The lowest BCUT2D eigenvalue weighted by molar-refractivity contribution is 0.163. The highest BCUT2D eigenvalue weighted by Crippen LogP contribution is 2.43. The first-order valence-corrected chi connectivity index (χ1v) is 11.9. The Labute approximate surface area is 178 Å². The Bertz CT molecular complexity index is 991. The Kier molecular flexibility index (Phi) is 6.49. The average molecular weight is 412 g/mol. The van der Waals surface area contributed by atoms with Crippen LogP contribution in [-0.4, -0.2) is 23.6 Å². The van der Waals surface area contributed by atoms with Crippen LogP contribution in [0.5, 0.6) is 5.75 Å². The highest BCUT2D eigenvalue weighted by molar-refractivity contribution is 7.94. The van der Waals surface area contributed by atoms with Gasteiger partial charge < -0.3 is 9.84 Å². The largest absolute Gasteiger partial charge is 0.491 e. The van der Waals surface area contributed by atoms with Gasteiger partial charge in [-0.3, -0.25) is 0 Å². The molecule has 4 aromatic carbocycles. The molecule has 4 aromatic rings. The molecule has 0 aliphatic rings. The van der Waals surface area contributed by atoms with Crippen LogP contribution in [0.1, 0.15) is 0 Å². The maximum absolute atomic E-state index is 11.1. The molecule has 0 heterocycles. The molecule has 1 atom stereocenters. The Balaban J connectivity index is 1.85. The highest BCUT2D eigenvalue weighted by atomic mass is 31.2. The average Bonchev–Trinajstić information content (AvgIpc) is 2.83. The van der Waals surface area contributed by atoms with Crippen molar-refractivity contribution in [2.45, 2.75) is 6.10 Å². The molecule has 1 N–H and O–H groups in total. The monoisotopic (exact) mass is 412 g/mol.